The third-order valence-electron chi connectivity index (χ3n) is 1.90. The zero-order chi connectivity index (χ0) is 9.40. The van der Waals surface area contributed by atoms with Gasteiger partial charge in [0.25, 0.3) is 0 Å². The fourth-order valence-electron chi connectivity index (χ4n) is 1.09. The van der Waals surface area contributed by atoms with Gasteiger partial charge >= 0.3 is 0 Å². The molecule has 0 aliphatic carbocycles. The highest BCUT2D eigenvalue weighted by Crippen LogP contribution is 2.16. The Labute approximate surface area is 81.5 Å². The van der Waals surface area contributed by atoms with Gasteiger partial charge in [0, 0.05) is 5.25 Å². The van der Waals surface area contributed by atoms with E-state index in [1.165, 1.54) is 18.6 Å². The summed E-state index contributed by atoms with van der Waals surface area (Å²) in [6.07, 6.45) is 3.88. The molecule has 0 aliphatic heterocycles. The summed E-state index contributed by atoms with van der Waals surface area (Å²) in [5, 5.41) is 0.752. The van der Waals surface area contributed by atoms with E-state index in [9.17, 15) is 0 Å². The molecular weight excluding hydrogens is 166 g/mol. The molecule has 0 aliphatic rings. The van der Waals surface area contributed by atoms with Crippen LogP contribution in [0.15, 0.2) is 0 Å². The predicted octanol–water partition coefficient (Wildman–Crippen LogP) is 2.89. The maximum Gasteiger partial charge on any atom is 0.00307 e. The molecule has 1 unspecified atom stereocenters. The summed E-state index contributed by atoms with van der Waals surface area (Å²) in [7, 11) is 0. The van der Waals surface area contributed by atoms with Crippen LogP contribution in [0, 0.1) is 5.92 Å². The molecule has 0 aromatic heterocycles. The van der Waals surface area contributed by atoms with Gasteiger partial charge in [-0.1, -0.05) is 27.2 Å². The zero-order valence-corrected chi connectivity index (χ0v) is 9.49. The van der Waals surface area contributed by atoms with E-state index in [0.29, 0.717) is 0 Å². The molecule has 0 saturated heterocycles. The maximum absolute atomic E-state index is 5.47. The lowest BCUT2D eigenvalue weighted by Crippen LogP contribution is -2.07. The first-order chi connectivity index (χ1) is 5.66. The standard InChI is InChI=1S/C10H23NS/c1-9(2)5-4-8-12-10(3)6-7-11/h9-10H,4-8,11H2,1-3H3. The van der Waals surface area contributed by atoms with Crippen molar-refractivity contribution in [2.75, 3.05) is 12.3 Å². The molecule has 12 heavy (non-hydrogen) atoms. The summed E-state index contributed by atoms with van der Waals surface area (Å²) >= 11 is 2.06. The van der Waals surface area contributed by atoms with E-state index in [2.05, 4.69) is 32.5 Å². The summed E-state index contributed by atoms with van der Waals surface area (Å²) < 4.78 is 0. The van der Waals surface area contributed by atoms with Gasteiger partial charge in [-0.15, -0.1) is 0 Å². The molecule has 74 valence electrons. The molecule has 0 rings (SSSR count). The quantitative estimate of drug-likeness (QED) is 0.623. The third-order valence-corrected chi connectivity index (χ3v) is 3.23. The SMILES string of the molecule is CC(C)CCCSC(C)CCN. The fourth-order valence-corrected chi connectivity index (χ4v) is 2.13. The maximum atomic E-state index is 5.47. The highest BCUT2D eigenvalue weighted by Gasteiger charge is 2.00. The molecule has 0 heterocycles. The number of hydrogen-bond acceptors (Lipinski definition) is 2. The lowest BCUT2D eigenvalue weighted by atomic mass is 10.1. The minimum Gasteiger partial charge on any atom is -0.330 e. The average molecular weight is 189 g/mol. The fraction of sp³-hybridized carbons (Fsp3) is 1.00. The summed E-state index contributed by atoms with van der Waals surface area (Å²) in [6.45, 7) is 7.67. The van der Waals surface area contributed by atoms with Crippen molar-refractivity contribution in [3.05, 3.63) is 0 Å². The van der Waals surface area contributed by atoms with Crippen molar-refractivity contribution in [2.24, 2.45) is 11.7 Å². The summed E-state index contributed by atoms with van der Waals surface area (Å²) in [4.78, 5) is 0. The van der Waals surface area contributed by atoms with Gasteiger partial charge in [-0.05, 0) is 31.1 Å². The first kappa shape index (κ1) is 12.3. The van der Waals surface area contributed by atoms with Gasteiger partial charge in [-0.25, -0.2) is 0 Å². The lowest BCUT2D eigenvalue weighted by Gasteiger charge is -2.09. The first-order valence-electron chi connectivity index (χ1n) is 4.98. The summed E-state index contributed by atoms with van der Waals surface area (Å²) in [6, 6.07) is 0. The van der Waals surface area contributed by atoms with Crippen LogP contribution in [0.2, 0.25) is 0 Å². The van der Waals surface area contributed by atoms with E-state index in [1.54, 1.807) is 0 Å². The third kappa shape index (κ3) is 8.41. The second-order valence-corrected chi connectivity index (χ2v) is 5.34. The van der Waals surface area contributed by atoms with Gasteiger partial charge in [0.15, 0.2) is 0 Å². The van der Waals surface area contributed by atoms with Crippen LogP contribution in [-0.4, -0.2) is 17.5 Å². The Morgan fingerprint density at radius 3 is 2.33 bits per heavy atom. The van der Waals surface area contributed by atoms with Crippen molar-refractivity contribution in [3.63, 3.8) is 0 Å². The van der Waals surface area contributed by atoms with Crippen LogP contribution in [0.5, 0.6) is 0 Å². The molecule has 0 radical (unpaired) electrons. The highest BCUT2D eigenvalue weighted by atomic mass is 32.2. The van der Waals surface area contributed by atoms with Crippen LogP contribution >= 0.6 is 11.8 Å². The average Bonchev–Trinajstić information content (AvgIpc) is 1.98. The molecule has 0 fully saturated rings. The minimum absolute atomic E-state index is 0.752. The van der Waals surface area contributed by atoms with Crippen molar-refractivity contribution in [1.29, 1.82) is 0 Å². The van der Waals surface area contributed by atoms with Gasteiger partial charge in [0.1, 0.15) is 0 Å². The van der Waals surface area contributed by atoms with Crippen molar-refractivity contribution in [3.8, 4) is 0 Å². The van der Waals surface area contributed by atoms with Gasteiger partial charge in [-0.2, -0.15) is 11.8 Å². The Morgan fingerprint density at radius 1 is 1.17 bits per heavy atom. The van der Waals surface area contributed by atoms with E-state index >= 15 is 0 Å². The number of rotatable bonds is 7. The normalized spacial score (nSPS) is 13.8. The largest absolute Gasteiger partial charge is 0.330 e. The molecule has 1 atom stereocenters. The van der Waals surface area contributed by atoms with Gasteiger partial charge in [-0.3, -0.25) is 0 Å². The van der Waals surface area contributed by atoms with Crippen molar-refractivity contribution in [2.45, 2.75) is 45.3 Å². The molecule has 2 heteroatoms. The van der Waals surface area contributed by atoms with Gasteiger partial charge in [0.05, 0.1) is 0 Å². The highest BCUT2D eigenvalue weighted by molar-refractivity contribution is 7.99. The Balaban J connectivity index is 3.08. The van der Waals surface area contributed by atoms with Gasteiger partial charge in [0.2, 0.25) is 0 Å². The van der Waals surface area contributed by atoms with Crippen LogP contribution in [0.3, 0.4) is 0 Å². The zero-order valence-electron chi connectivity index (χ0n) is 8.68. The molecule has 0 aromatic carbocycles. The Kier molecular flexibility index (Phi) is 8.14. The number of hydrogen-bond donors (Lipinski definition) is 1. The Bertz CT molecular complexity index is 93.8. The Hall–Kier alpha value is 0.310. The second-order valence-electron chi connectivity index (χ2n) is 3.79. The number of thioether (sulfide) groups is 1. The summed E-state index contributed by atoms with van der Waals surface area (Å²) in [5.74, 6) is 2.16. The molecular formula is C10H23NS. The van der Waals surface area contributed by atoms with Crippen LogP contribution < -0.4 is 5.73 Å². The summed E-state index contributed by atoms with van der Waals surface area (Å²) in [5.41, 5.74) is 5.47. The van der Waals surface area contributed by atoms with E-state index in [4.69, 9.17) is 5.73 Å². The van der Waals surface area contributed by atoms with Crippen LogP contribution in [0.4, 0.5) is 0 Å². The van der Waals surface area contributed by atoms with Crippen LogP contribution in [0.25, 0.3) is 0 Å². The molecule has 2 N–H and O–H groups in total. The van der Waals surface area contributed by atoms with Crippen LogP contribution in [0.1, 0.15) is 40.0 Å². The molecule has 0 bridgehead atoms. The molecule has 1 nitrogen and oxygen atoms in total. The minimum atomic E-state index is 0.752. The second kappa shape index (κ2) is 7.93. The number of nitrogens with two attached hydrogens (primary N) is 1. The monoisotopic (exact) mass is 189 g/mol. The van der Waals surface area contributed by atoms with Crippen molar-refractivity contribution in [1.82, 2.24) is 0 Å². The first-order valence-corrected chi connectivity index (χ1v) is 6.03. The van der Waals surface area contributed by atoms with E-state index < -0.39 is 0 Å². The molecule has 0 spiro atoms. The van der Waals surface area contributed by atoms with Crippen molar-refractivity contribution < 1.29 is 0 Å². The predicted molar refractivity (Wildman–Crippen MR) is 59.7 cm³/mol. The smallest absolute Gasteiger partial charge is 0.00307 e. The Morgan fingerprint density at radius 2 is 1.83 bits per heavy atom. The van der Waals surface area contributed by atoms with E-state index in [1.807, 2.05) is 0 Å². The lowest BCUT2D eigenvalue weighted by molar-refractivity contribution is 0.579. The topological polar surface area (TPSA) is 26.0 Å². The molecule has 0 aromatic rings. The van der Waals surface area contributed by atoms with Crippen molar-refractivity contribution >= 4 is 11.8 Å². The van der Waals surface area contributed by atoms with Crippen LogP contribution in [-0.2, 0) is 0 Å². The molecule has 0 saturated carbocycles. The molecule has 0 amide bonds. The van der Waals surface area contributed by atoms with E-state index in [0.717, 1.165) is 24.1 Å². The van der Waals surface area contributed by atoms with E-state index in [-0.39, 0.29) is 0 Å². The van der Waals surface area contributed by atoms with Gasteiger partial charge < -0.3 is 5.73 Å².